The van der Waals surface area contributed by atoms with Gasteiger partial charge in [-0.15, -0.1) is 11.3 Å². The smallest absolute Gasteiger partial charge is 0.408 e. The summed E-state index contributed by atoms with van der Waals surface area (Å²) in [7, 11) is 0. The van der Waals surface area contributed by atoms with E-state index in [1.54, 1.807) is 11.3 Å². The average molecular weight is 436 g/mol. The molecule has 1 unspecified atom stereocenters. The second-order valence-corrected chi connectivity index (χ2v) is 7.54. The number of nitrogens with one attached hydrogen (secondary N) is 1. The fourth-order valence-corrected chi connectivity index (χ4v) is 3.89. The molecule has 18 heavy (non-hydrogen) atoms. The highest BCUT2D eigenvalue weighted by Crippen LogP contribution is 2.34. The molecule has 92 valence electrons. The standard InChI is InChI=1S/C12H7BrINO2S/c13-11(7-4-10(14)18-5-7)6-1-2-8-9(3-6)17-12(16)15-8/h1-5,11H,(H,15,16). The Kier molecular flexibility index (Phi) is 3.33. The molecule has 0 aliphatic rings. The van der Waals surface area contributed by atoms with Crippen molar-refractivity contribution in [3.8, 4) is 0 Å². The summed E-state index contributed by atoms with van der Waals surface area (Å²) < 4.78 is 6.32. The third-order valence-electron chi connectivity index (χ3n) is 2.62. The van der Waals surface area contributed by atoms with Gasteiger partial charge < -0.3 is 4.42 Å². The Morgan fingerprint density at radius 3 is 2.89 bits per heavy atom. The molecule has 3 aromatic rings. The summed E-state index contributed by atoms with van der Waals surface area (Å²) in [5.41, 5.74) is 3.59. The molecular weight excluding hydrogens is 429 g/mol. The zero-order valence-electron chi connectivity index (χ0n) is 8.94. The monoisotopic (exact) mass is 435 g/mol. The summed E-state index contributed by atoms with van der Waals surface area (Å²) in [5, 5.41) is 2.12. The van der Waals surface area contributed by atoms with E-state index in [0.717, 1.165) is 11.1 Å². The number of aromatic nitrogens is 1. The fraction of sp³-hybridized carbons (Fsp3) is 0.0833. The molecule has 0 radical (unpaired) electrons. The highest BCUT2D eigenvalue weighted by molar-refractivity contribution is 14.1. The number of halogens is 2. The number of benzene rings is 1. The van der Waals surface area contributed by atoms with Gasteiger partial charge in [-0.05, 0) is 57.3 Å². The van der Waals surface area contributed by atoms with Crippen LogP contribution in [0, 0.1) is 2.88 Å². The van der Waals surface area contributed by atoms with E-state index in [1.165, 1.54) is 8.45 Å². The molecule has 6 heteroatoms. The third-order valence-corrected chi connectivity index (χ3v) is 5.48. The third kappa shape index (κ3) is 2.28. The number of aromatic amines is 1. The van der Waals surface area contributed by atoms with Gasteiger partial charge in [0.1, 0.15) is 0 Å². The van der Waals surface area contributed by atoms with Crippen LogP contribution < -0.4 is 5.76 Å². The van der Waals surface area contributed by atoms with Crippen molar-refractivity contribution in [2.45, 2.75) is 4.83 Å². The molecule has 0 aliphatic carbocycles. The zero-order valence-corrected chi connectivity index (χ0v) is 13.5. The van der Waals surface area contributed by atoms with Crippen LogP contribution in [0.25, 0.3) is 11.1 Å². The molecular formula is C12H7BrINO2S. The highest BCUT2D eigenvalue weighted by atomic mass is 127. The van der Waals surface area contributed by atoms with Gasteiger partial charge >= 0.3 is 5.76 Å². The molecule has 0 saturated heterocycles. The van der Waals surface area contributed by atoms with Crippen LogP contribution >= 0.6 is 49.9 Å². The van der Waals surface area contributed by atoms with Crippen molar-refractivity contribution in [1.82, 2.24) is 4.98 Å². The van der Waals surface area contributed by atoms with Crippen LogP contribution in [0.4, 0.5) is 0 Å². The maximum atomic E-state index is 11.1. The predicted molar refractivity (Wildman–Crippen MR) is 84.6 cm³/mol. The van der Waals surface area contributed by atoms with Crippen LogP contribution in [0.15, 0.2) is 38.9 Å². The van der Waals surface area contributed by atoms with Crippen LogP contribution in [0.1, 0.15) is 16.0 Å². The van der Waals surface area contributed by atoms with Gasteiger partial charge in [0.25, 0.3) is 0 Å². The van der Waals surface area contributed by atoms with Gasteiger partial charge in [0.05, 0.1) is 13.2 Å². The average Bonchev–Trinajstić information content (AvgIpc) is 2.92. The summed E-state index contributed by atoms with van der Waals surface area (Å²) in [4.78, 5) is 13.9. The van der Waals surface area contributed by atoms with Crippen LogP contribution in [-0.2, 0) is 0 Å². The highest BCUT2D eigenvalue weighted by Gasteiger charge is 2.13. The quantitative estimate of drug-likeness (QED) is 0.482. The van der Waals surface area contributed by atoms with E-state index >= 15 is 0 Å². The molecule has 0 fully saturated rings. The molecule has 3 nitrogen and oxygen atoms in total. The van der Waals surface area contributed by atoms with E-state index in [2.05, 4.69) is 55.0 Å². The second kappa shape index (κ2) is 4.82. The van der Waals surface area contributed by atoms with Gasteiger partial charge in [-0.3, -0.25) is 4.98 Å². The Labute approximate surface area is 128 Å². The summed E-state index contributed by atoms with van der Waals surface area (Å²) >= 11 is 7.69. The SMILES string of the molecule is O=c1[nH]c2ccc(C(Br)c3csc(I)c3)cc2o1. The van der Waals surface area contributed by atoms with Crippen LogP contribution in [-0.4, -0.2) is 4.98 Å². The number of H-pyrrole nitrogens is 1. The summed E-state index contributed by atoms with van der Waals surface area (Å²) in [5.74, 6) is -0.418. The van der Waals surface area contributed by atoms with Gasteiger partial charge in [-0.2, -0.15) is 0 Å². The van der Waals surface area contributed by atoms with Gasteiger partial charge in [-0.25, -0.2) is 4.79 Å². The molecule has 0 aliphatic heterocycles. The van der Waals surface area contributed by atoms with Crippen molar-refractivity contribution in [2.24, 2.45) is 0 Å². The van der Waals surface area contributed by atoms with Crippen molar-refractivity contribution >= 4 is 61.0 Å². The Morgan fingerprint density at radius 1 is 1.33 bits per heavy atom. The molecule has 2 aromatic heterocycles. The van der Waals surface area contributed by atoms with Crippen molar-refractivity contribution < 1.29 is 4.42 Å². The van der Waals surface area contributed by atoms with E-state index in [-0.39, 0.29) is 4.83 Å². The number of hydrogen-bond acceptors (Lipinski definition) is 3. The molecule has 0 amide bonds. The minimum Gasteiger partial charge on any atom is -0.408 e. The lowest BCUT2D eigenvalue weighted by Gasteiger charge is -2.07. The first-order valence-corrected chi connectivity index (χ1v) is 8.01. The fourth-order valence-electron chi connectivity index (χ4n) is 1.77. The van der Waals surface area contributed by atoms with E-state index in [4.69, 9.17) is 4.42 Å². The Hall–Kier alpha value is -0.600. The maximum Gasteiger partial charge on any atom is 0.417 e. The molecule has 1 atom stereocenters. The molecule has 0 saturated carbocycles. The topological polar surface area (TPSA) is 46.0 Å². The molecule has 1 aromatic carbocycles. The Bertz CT molecular complexity index is 761. The zero-order chi connectivity index (χ0) is 12.7. The van der Waals surface area contributed by atoms with E-state index < -0.39 is 5.76 Å². The Morgan fingerprint density at radius 2 is 2.17 bits per heavy atom. The number of alkyl halides is 1. The molecule has 2 heterocycles. The number of rotatable bonds is 2. The number of hydrogen-bond donors (Lipinski definition) is 1. The largest absolute Gasteiger partial charge is 0.417 e. The van der Waals surface area contributed by atoms with E-state index in [0.29, 0.717) is 5.58 Å². The molecule has 3 rings (SSSR count). The summed E-state index contributed by atoms with van der Waals surface area (Å²) in [6, 6.07) is 7.87. The molecule has 1 N–H and O–H groups in total. The first kappa shape index (κ1) is 12.4. The van der Waals surface area contributed by atoms with Gasteiger partial charge in [-0.1, -0.05) is 22.0 Å². The number of thiophene rings is 1. The Balaban J connectivity index is 2.05. The first-order valence-electron chi connectivity index (χ1n) is 5.14. The number of fused-ring (bicyclic) bond motifs is 1. The van der Waals surface area contributed by atoms with E-state index in [9.17, 15) is 4.79 Å². The first-order chi connectivity index (χ1) is 8.63. The van der Waals surface area contributed by atoms with Crippen molar-refractivity contribution in [3.63, 3.8) is 0 Å². The maximum absolute atomic E-state index is 11.1. The normalized spacial score (nSPS) is 13.0. The lowest BCUT2D eigenvalue weighted by Crippen LogP contribution is -1.92. The molecule has 0 bridgehead atoms. The van der Waals surface area contributed by atoms with Crippen LogP contribution in [0.2, 0.25) is 0 Å². The van der Waals surface area contributed by atoms with Crippen LogP contribution in [0.5, 0.6) is 0 Å². The minimum atomic E-state index is -0.418. The predicted octanol–water partition coefficient (Wildman–Crippen LogP) is 4.27. The lowest BCUT2D eigenvalue weighted by atomic mass is 10.1. The summed E-state index contributed by atoms with van der Waals surface area (Å²) in [6.07, 6.45) is 0. The number of oxazole rings is 1. The summed E-state index contributed by atoms with van der Waals surface area (Å²) in [6.45, 7) is 0. The van der Waals surface area contributed by atoms with Gasteiger partial charge in [0.15, 0.2) is 5.58 Å². The minimum absolute atomic E-state index is 0.113. The van der Waals surface area contributed by atoms with Crippen molar-refractivity contribution in [2.75, 3.05) is 0 Å². The van der Waals surface area contributed by atoms with Crippen molar-refractivity contribution in [1.29, 1.82) is 0 Å². The second-order valence-electron chi connectivity index (χ2n) is 3.82. The molecule has 0 spiro atoms. The van der Waals surface area contributed by atoms with Gasteiger partial charge in [0, 0.05) is 0 Å². The van der Waals surface area contributed by atoms with Gasteiger partial charge in [0.2, 0.25) is 0 Å². The lowest BCUT2D eigenvalue weighted by molar-refractivity contribution is 0.555. The van der Waals surface area contributed by atoms with E-state index in [1.807, 2.05) is 18.2 Å². The van der Waals surface area contributed by atoms with Crippen molar-refractivity contribution in [3.05, 3.63) is 54.2 Å². The van der Waals surface area contributed by atoms with Crippen LogP contribution in [0.3, 0.4) is 0 Å².